The Labute approximate surface area is 145 Å². The summed E-state index contributed by atoms with van der Waals surface area (Å²) in [5, 5.41) is 3.91. The average Bonchev–Trinajstić information content (AvgIpc) is 2.91. The SMILES string of the molecule is CCCCCNc1nc2c(c(=O)n(C)c(=O)n2C)n1CC=C(C)Cl. The highest BCUT2D eigenvalue weighted by molar-refractivity contribution is 6.29. The van der Waals surface area contributed by atoms with Crippen LogP contribution in [-0.2, 0) is 20.6 Å². The fourth-order valence-corrected chi connectivity index (χ4v) is 2.62. The van der Waals surface area contributed by atoms with Crippen molar-refractivity contribution in [1.82, 2.24) is 18.7 Å². The number of anilines is 1. The molecule has 0 aliphatic carbocycles. The fraction of sp³-hybridized carbons (Fsp3) is 0.562. The average molecular weight is 354 g/mol. The quantitative estimate of drug-likeness (QED) is 0.774. The Morgan fingerprint density at radius 2 is 1.96 bits per heavy atom. The monoisotopic (exact) mass is 353 g/mol. The second-order valence-electron chi connectivity index (χ2n) is 5.85. The van der Waals surface area contributed by atoms with Gasteiger partial charge in [-0.25, -0.2) is 4.79 Å². The molecule has 0 aliphatic rings. The summed E-state index contributed by atoms with van der Waals surface area (Å²) in [4.78, 5) is 29.2. The van der Waals surface area contributed by atoms with Crippen LogP contribution in [0.4, 0.5) is 5.95 Å². The van der Waals surface area contributed by atoms with Gasteiger partial charge < -0.3 is 9.88 Å². The Kier molecular flexibility index (Phi) is 5.88. The largest absolute Gasteiger partial charge is 0.356 e. The van der Waals surface area contributed by atoms with Crippen LogP contribution in [0, 0.1) is 0 Å². The Balaban J connectivity index is 2.59. The summed E-state index contributed by atoms with van der Waals surface area (Å²) in [6.07, 6.45) is 5.07. The van der Waals surface area contributed by atoms with Crippen LogP contribution < -0.4 is 16.6 Å². The molecule has 0 atom stereocenters. The molecule has 2 rings (SSSR count). The molecule has 0 aromatic carbocycles. The molecular formula is C16H24ClN5O2. The maximum absolute atomic E-state index is 12.6. The van der Waals surface area contributed by atoms with Crippen LogP contribution in [0.25, 0.3) is 11.2 Å². The van der Waals surface area contributed by atoms with Crippen molar-refractivity contribution in [3.8, 4) is 0 Å². The van der Waals surface area contributed by atoms with E-state index < -0.39 is 5.69 Å². The van der Waals surface area contributed by atoms with Gasteiger partial charge in [0.1, 0.15) is 0 Å². The number of halogens is 1. The lowest BCUT2D eigenvalue weighted by molar-refractivity contribution is 0.703. The molecule has 2 aromatic rings. The molecule has 7 nitrogen and oxygen atoms in total. The lowest BCUT2D eigenvalue weighted by atomic mass is 10.2. The van der Waals surface area contributed by atoms with Gasteiger partial charge in [0.25, 0.3) is 5.56 Å². The first-order chi connectivity index (χ1) is 11.4. The van der Waals surface area contributed by atoms with Crippen LogP contribution in [0.3, 0.4) is 0 Å². The Morgan fingerprint density at radius 3 is 2.58 bits per heavy atom. The van der Waals surface area contributed by atoms with Crippen molar-refractivity contribution in [2.45, 2.75) is 39.7 Å². The Bertz CT molecular complexity index is 871. The zero-order valence-corrected chi connectivity index (χ0v) is 15.4. The van der Waals surface area contributed by atoms with Gasteiger partial charge >= 0.3 is 5.69 Å². The first-order valence-electron chi connectivity index (χ1n) is 8.10. The number of fused-ring (bicyclic) bond motifs is 1. The number of aromatic nitrogens is 4. The summed E-state index contributed by atoms with van der Waals surface area (Å²) in [7, 11) is 3.09. The number of nitrogens with one attached hydrogen (secondary N) is 1. The molecule has 0 saturated heterocycles. The van der Waals surface area contributed by atoms with Crippen molar-refractivity contribution in [2.75, 3.05) is 11.9 Å². The second-order valence-corrected chi connectivity index (χ2v) is 6.44. The van der Waals surface area contributed by atoms with Gasteiger partial charge in [-0.1, -0.05) is 37.4 Å². The van der Waals surface area contributed by atoms with E-state index in [0.29, 0.717) is 28.7 Å². The third-order valence-electron chi connectivity index (χ3n) is 3.97. The molecule has 0 saturated carbocycles. The summed E-state index contributed by atoms with van der Waals surface area (Å²) < 4.78 is 4.26. The zero-order valence-electron chi connectivity index (χ0n) is 14.6. The molecule has 0 aliphatic heterocycles. The van der Waals surface area contributed by atoms with Crippen LogP contribution >= 0.6 is 11.6 Å². The van der Waals surface area contributed by atoms with Gasteiger partial charge in [-0.2, -0.15) is 4.98 Å². The van der Waals surface area contributed by atoms with E-state index in [1.807, 2.05) is 6.08 Å². The summed E-state index contributed by atoms with van der Waals surface area (Å²) >= 11 is 5.94. The summed E-state index contributed by atoms with van der Waals surface area (Å²) in [5.41, 5.74) is 0.0232. The standard InChI is InChI=1S/C16H24ClN5O2/c1-5-6-7-9-18-15-19-13-12(22(15)10-8-11(2)17)14(23)21(4)16(24)20(13)3/h8H,5-7,9-10H2,1-4H3,(H,18,19). The molecule has 8 heteroatoms. The number of allylic oxidation sites excluding steroid dienone is 2. The molecular weight excluding hydrogens is 330 g/mol. The highest BCUT2D eigenvalue weighted by atomic mass is 35.5. The third-order valence-corrected chi connectivity index (χ3v) is 4.12. The van der Waals surface area contributed by atoms with Crippen LogP contribution in [0.2, 0.25) is 0 Å². The highest BCUT2D eigenvalue weighted by Gasteiger charge is 2.18. The minimum absolute atomic E-state index is 0.358. The van der Waals surface area contributed by atoms with E-state index in [0.717, 1.165) is 30.4 Å². The first-order valence-corrected chi connectivity index (χ1v) is 8.48. The summed E-state index contributed by atoms with van der Waals surface area (Å²) in [6.45, 7) is 5.09. The molecule has 132 valence electrons. The summed E-state index contributed by atoms with van der Waals surface area (Å²) in [5.74, 6) is 0.577. The van der Waals surface area contributed by atoms with Gasteiger partial charge in [0.2, 0.25) is 5.95 Å². The Morgan fingerprint density at radius 1 is 1.25 bits per heavy atom. The van der Waals surface area contributed by atoms with Crippen LogP contribution in [0.5, 0.6) is 0 Å². The van der Waals surface area contributed by atoms with E-state index in [9.17, 15) is 9.59 Å². The van der Waals surface area contributed by atoms with Crippen molar-refractivity contribution in [3.05, 3.63) is 31.9 Å². The number of hydrogen-bond acceptors (Lipinski definition) is 4. The van der Waals surface area contributed by atoms with E-state index in [2.05, 4.69) is 17.2 Å². The third kappa shape index (κ3) is 3.56. The van der Waals surface area contributed by atoms with Gasteiger partial charge in [-0.3, -0.25) is 13.9 Å². The zero-order chi connectivity index (χ0) is 17.9. The number of imidazole rings is 1. The molecule has 2 aromatic heterocycles. The minimum Gasteiger partial charge on any atom is -0.356 e. The van der Waals surface area contributed by atoms with Crippen LogP contribution in [0.15, 0.2) is 20.7 Å². The first kappa shape index (κ1) is 18.3. The summed E-state index contributed by atoms with van der Waals surface area (Å²) in [6, 6.07) is 0. The Hall–Kier alpha value is -2.02. The molecule has 0 amide bonds. The van der Waals surface area contributed by atoms with E-state index >= 15 is 0 Å². The highest BCUT2D eigenvalue weighted by Crippen LogP contribution is 2.16. The number of hydrogen-bond donors (Lipinski definition) is 1. The molecule has 0 radical (unpaired) electrons. The van der Waals surface area contributed by atoms with Gasteiger partial charge in [-0.15, -0.1) is 0 Å². The second kappa shape index (κ2) is 7.70. The fourth-order valence-electron chi connectivity index (χ4n) is 2.55. The maximum Gasteiger partial charge on any atom is 0.332 e. The van der Waals surface area contributed by atoms with Gasteiger partial charge in [0, 0.05) is 32.2 Å². The molecule has 1 N–H and O–H groups in total. The molecule has 0 spiro atoms. The van der Waals surface area contributed by atoms with Gasteiger partial charge in [-0.05, 0) is 13.3 Å². The van der Waals surface area contributed by atoms with Crippen molar-refractivity contribution < 1.29 is 0 Å². The topological polar surface area (TPSA) is 73.8 Å². The molecule has 0 unspecified atom stereocenters. The normalized spacial score (nSPS) is 12.1. The van der Waals surface area contributed by atoms with E-state index in [-0.39, 0.29) is 5.56 Å². The van der Waals surface area contributed by atoms with Crippen LogP contribution in [-0.4, -0.2) is 25.2 Å². The number of unbranched alkanes of at least 4 members (excludes halogenated alkanes) is 2. The van der Waals surface area contributed by atoms with Crippen molar-refractivity contribution in [2.24, 2.45) is 14.1 Å². The predicted octanol–water partition coefficient (Wildman–Crippen LogP) is 2.18. The maximum atomic E-state index is 12.6. The predicted molar refractivity (Wildman–Crippen MR) is 97.8 cm³/mol. The van der Waals surface area contributed by atoms with Crippen molar-refractivity contribution >= 4 is 28.7 Å². The molecule has 0 fully saturated rings. The lowest BCUT2D eigenvalue weighted by Gasteiger charge is -2.09. The van der Waals surface area contributed by atoms with E-state index in [4.69, 9.17) is 11.6 Å². The molecule has 24 heavy (non-hydrogen) atoms. The smallest absolute Gasteiger partial charge is 0.332 e. The number of nitrogens with zero attached hydrogens (tertiary/aromatic N) is 4. The minimum atomic E-state index is -0.390. The molecule has 2 heterocycles. The van der Waals surface area contributed by atoms with Crippen molar-refractivity contribution in [3.63, 3.8) is 0 Å². The van der Waals surface area contributed by atoms with Crippen LogP contribution in [0.1, 0.15) is 33.1 Å². The van der Waals surface area contributed by atoms with E-state index in [1.165, 1.54) is 11.6 Å². The van der Waals surface area contributed by atoms with Crippen molar-refractivity contribution in [1.29, 1.82) is 0 Å². The molecule has 0 bridgehead atoms. The lowest BCUT2D eigenvalue weighted by Crippen LogP contribution is -2.37. The van der Waals surface area contributed by atoms with E-state index in [1.54, 1.807) is 18.5 Å². The number of aryl methyl sites for hydroxylation is 1. The van der Waals surface area contributed by atoms with Gasteiger partial charge in [0.15, 0.2) is 11.2 Å². The number of rotatable bonds is 7. The van der Waals surface area contributed by atoms with Gasteiger partial charge in [0.05, 0.1) is 0 Å².